The predicted molar refractivity (Wildman–Crippen MR) is 150 cm³/mol. The van der Waals surface area contributed by atoms with Crippen LogP contribution in [0, 0.1) is 23.2 Å². The summed E-state index contributed by atoms with van der Waals surface area (Å²) in [4.78, 5) is 0. The molecule has 2 aliphatic rings. The van der Waals surface area contributed by atoms with Crippen molar-refractivity contribution < 1.29 is 9.84 Å². The van der Waals surface area contributed by atoms with Crippen LogP contribution in [0.3, 0.4) is 0 Å². The predicted octanol–water partition coefficient (Wildman–Crippen LogP) is 9.12. The van der Waals surface area contributed by atoms with E-state index in [1.165, 1.54) is 42.4 Å². The third-order valence-corrected chi connectivity index (χ3v) is 8.15. The molecule has 2 heteroatoms. The molecular weight excluding hydrogens is 440 g/mol. The van der Waals surface area contributed by atoms with Crippen molar-refractivity contribution in [2.75, 3.05) is 0 Å². The van der Waals surface area contributed by atoms with E-state index >= 15 is 0 Å². The van der Waals surface area contributed by atoms with Gasteiger partial charge in [0, 0.05) is 5.41 Å². The number of benzene rings is 3. The topological polar surface area (TPSA) is 29.5 Å². The van der Waals surface area contributed by atoms with Crippen molar-refractivity contribution >= 4 is 11.1 Å². The molecule has 3 atom stereocenters. The number of ether oxygens (including phenoxy) is 1. The molecule has 0 saturated heterocycles. The highest BCUT2D eigenvalue weighted by atomic mass is 16.5. The van der Waals surface area contributed by atoms with Gasteiger partial charge in [0.1, 0.15) is 17.3 Å². The molecule has 2 nitrogen and oxygen atoms in total. The van der Waals surface area contributed by atoms with E-state index in [9.17, 15) is 5.11 Å². The van der Waals surface area contributed by atoms with Gasteiger partial charge in [-0.1, -0.05) is 88.4 Å². The molecule has 3 aromatic carbocycles. The number of hydrogen-bond acceptors (Lipinski definition) is 2. The Labute approximate surface area is 216 Å². The number of hydrogen-bond donors (Lipinski definition) is 1. The van der Waals surface area contributed by atoms with Gasteiger partial charge in [-0.3, -0.25) is 0 Å². The molecule has 36 heavy (non-hydrogen) atoms. The number of rotatable bonds is 7. The van der Waals surface area contributed by atoms with Gasteiger partial charge in [-0.15, -0.1) is 0 Å². The van der Waals surface area contributed by atoms with E-state index in [0.29, 0.717) is 0 Å². The minimum absolute atomic E-state index is 0.114. The lowest BCUT2D eigenvalue weighted by molar-refractivity contribution is 0.296. The fraction of sp³-hybridized carbons (Fsp3) is 0.353. The van der Waals surface area contributed by atoms with Crippen LogP contribution in [0.2, 0.25) is 0 Å². The normalized spacial score (nSPS) is 21.8. The van der Waals surface area contributed by atoms with Crippen molar-refractivity contribution in [3.8, 4) is 11.5 Å². The summed E-state index contributed by atoms with van der Waals surface area (Å²) in [6, 6.07) is 26.9. The zero-order valence-electron chi connectivity index (χ0n) is 21.8. The van der Waals surface area contributed by atoms with Crippen molar-refractivity contribution in [3.63, 3.8) is 0 Å². The molecule has 3 unspecified atom stereocenters. The van der Waals surface area contributed by atoms with Gasteiger partial charge in [0.05, 0.1) is 0 Å². The molecule has 0 heterocycles. The lowest BCUT2D eigenvalue weighted by Crippen LogP contribution is -2.13. The quantitative estimate of drug-likeness (QED) is 0.271. The Bertz CT molecular complexity index is 1230. The zero-order chi connectivity index (χ0) is 25.3. The molecule has 2 fully saturated rings. The summed E-state index contributed by atoms with van der Waals surface area (Å²) in [5.41, 5.74) is 6.09. The van der Waals surface area contributed by atoms with Crippen molar-refractivity contribution in [3.05, 3.63) is 108 Å². The molecular formula is C34H38O2. The summed E-state index contributed by atoms with van der Waals surface area (Å²) in [5, 5.41) is 10.0. The van der Waals surface area contributed by atoms with Gasteiger partial charge in [0.2, 0.25) is 0 Å². The SMILES string of the molecule is C=C(Oc1ccc(/C(=C(\CC2CC3CCC2C3)c2ccccc2)c2ccc(O)cc2)cc1)C(C)(C)C. The highest BCUT2D eigenvalue weighted by molar-refractivity contribution is 5.98. The molecule has 5 rings (SSSR count). The number of phenols is 1. The Morgan fingerprint density at radius 3 is 2.03 bits per heavy atom. The monoisotopic (exact) mass is 478 g/mol. The lowest BCUT2D eigenvalue weighted by Gasteiger charge is -2.26. The third-order valence-electron chi connectivity index (χ3n) is 8.15. The van der Waals surface area contributed by atoms with Gasteiger partial charge < -0.3 is 9.84 Å². The Morgan fingerprint density at radius 1 is 0.833 bits per heavy atom. The van der Waals surface area contributed by atoms with Crippen LogP contribution < -0.4 is 4.74 Å². The number of phenolic OH excluding ortho intramolecular Hbond substituents is 1. The summed E-state index contributed by atoms with van der Waals surface area (Å²) >= 11 is 0. The van der Waals surface area contributed by atoms with Crippen LogP contribution in [-0.2, 0) is 0 Å². The first-order chi connectivity index (χ1) is 17.3. The Morgan fingerprint density at radius 2 is 1.47 bits per heavy atom. The lowest BCUT2D eigenvalue weighted by atomic mass is 9.79. The Balaban J connectivity index is 1.59. The number of allylic oxidation sites excluding steroid dienone is 2. The second kappa shape index (κ2) is 10.0. The van der Waals surface area contributed by atoms with Crippen LogP contribution in [0.1, 0.15) is 69.6 Å². The first-order valence-corrected chi connectivity index (χ1v) is 13.3. The van der Waals surface area contributed by atoms with Crippen LogP contribution in [0.25, 0.3) is 11.1 Å². The molecule has 2 saturated carbocycles. The van der Waals surface area contributed by atoms with Crippen molar-refractivity contribution in [2.45, 2.75) is 52.9 Å². The van der Waals surface area contributed by atoms with E-state index in [0.717, 1.165) is 46.8 Å². The third kappa shape index (κ3) is 5.28. The van der Waals surface area contributed by atoms with E-state index in [1.807, 2.05) is 24.3 Å². The molecule has 0 aliphatic heterocycles. The van der Waals surface area contributed by atoms with Gasteiger partial charge in [-0.2, -0.15) is 0 Å². The summed E-state index contributed by atoms with van der Waals surface area (Å²) in [6.45, 7) is 10.4. The fourth-order valence-corrected chi connectivity index (χ4v) is 6.02. The average molecular weight is 479 g/mol. The van der Waals surface area contributed by atoms with Gasteiger partial charge in [0.15, 0.2) is 0 Å². The maximum Gasteiger partial charge on any atom is 0.126 e. The molecule has 3 aromatic rings. The molecule has 1 N–H and O–H groups in total. The summed E-state index contributed by atoms with van der Waals surface area (Å²) in [5.74, 6) is 4.36. The Kier molecular flexibility index (Phi) is 6.79. The molecule has 186 valence electrons. The largest absolute Gasteiger partial charge is 0.508 e. The standard InChI is InChI=1S/C34H38O2/c1-23(34(2,3)4)36-31-18-14-27(15-19-31)33(26-12-16-30(35)17-13-26)32(25-8-6-5-7-9-25)22-29-21-24-10-11-28(29)20-24/h5-9,12-19,24,28-29,35H,1,10-11,20-22H2,2-4H3/b33-32+. The Hall–Kier alpha value is -3.26. The highest BCUT2D eigenvalue weighted by Crippen LogP contribution is 2.52. The molecule has 0 aromatic heterocycles. The van der Waals surface area contributed by atoms with Crippen LogP contribution in [-0.4, -0.2) is 5.11 Å². The summed E-state index contributed by atoms with van der Waals surface area (Å²) in [6.07, 6.45) is 6.64. The van der Waals surface area contributed by atoms with Gasteiger partial charge in [0.25, 0.3) is 0 Å². The highest BCUT2D eigenvalue weighted by Gasteiger charge is 2.40. The van der Waals surface area contributed by atoms with E-state index in [-0.39, 0.29) is 11.2 Å². The maximum absolute atomic E-state index is 10.0. The zero-order valence-corrected chi connectivity index (χ0v) is 21.8. The van der Waals surface area contributed by atoms with Crippen LogP contribution in [0.5, 0.6) is 11.5 Å². The van der Waals surface area contributed by atoms with Crippen molar-refractivity contribution in [1.82, 2.24) is 0 Å². The van der Waals surface area contributed by atoms with Gasteiger partial charge in [-0.05, 0) is 95.5 Å². The van der Waals surface area contributed by atoms with Crippen LogP contribution >= 0.6 is 0 Å². The van der Waals surface area contributed by atoms with E-state index in [2.05, 4.69) is 69.8 Å². The molecule has 2 bridgehead atoms. The van der Waals surface area contributed by atoms with Crippen molar-refractivity contribution in [1.29, 1.82) is 0 Å². The van der Waals surface area contributed by atoms with Crippen molar-refractivity contribution in [2.24, 2.45) is 23.2 Å². The minimum atomic E-state index is -0.114. The van der Waals surface area contributed by atoms with Gasteiger partial charge in [-0.25, -0.2) is 0 Å². The molecule has 2 aliphatic carbocycles. The second-order valence-corrected chi connectivity index (χ2v) is 11.7. The maximum atomic E-state index is 10.0. The first-order valence-electron chi connectivity index (χ1n) is 13.3. The molecule has 0 amide bonds. The van der Waals surface area contributed by atoms with E-state index in [1.54, 1.807) is 12.1 Å². The van der Waals surface area contributed by atoms with Gasteiger partial charge >= 0.3 is 0 Å². The molecule has 0 spiro atoms. The van der Waals surface area contributed by atoms with E-state index in [4.69, 9.17) is 4.74 Å². The smallest absolute Gasteiger partial charge is 0.126 e. The van der Waals surface area contributed by atoms with Crippen LogP contribution in [0.15, 0.2) is 91.2 Å². The number of aromatic hydroxyl groups is 1. The molecule has 0 radical (unpaired) electrons. The summed E-state index contributed by atoms with van der Waals surface area (Å²) < 4.78 is 6.08. The fourth-order valence-electron chi connectivity index (χ4n) is 6.02. The average Bonchev–Trinajstić information content (AvgIpc) is 3.49. The van der Waals surface area contributed by atoms with Crippen LogP contribution in [0.4, 0.5) is 0 Å². The minimum Gasteiger partial charge on any atom is -0.508 e. The van der Waals surface area contributed by atoms with E-state index < -0.39 is 0 Å². The first kappa shape index (κ1) is 24.4. The summed E-state index contributed by atoms with van der Waals surface area (Å²) in [7, 11) is 0. The second-order valence-electron chi connectivity index (χ2n) is 11.7. The number of fused-ring (bicyclic) bond motifs is 2.